The summed E-state index contributed by atoms with van der Waals surface area (Å²) in [5, 5.41) is 13.0. The standard InChI is InChI=1S/C24H22N4O7/c29-20-8-7-19(21(30)25-20)28-22(31)17-6-3-15(13-18(17)23(28)32)26-9-11-27(12-10-26)35-16-4-1-14(2-5-16)24(33)34/h1-6,13,19H,7-12H2,(H,33,34)(H,25,29,30). The van der Waals surface area contributed by atoms with Crippen LogP contribution in [-0.2, 0) is 9.59 Å². The molecule has 2 aromatic rings. The van der Waals surface area contributed by atoms with E-state index in [9.17, 15) is 24.0 Å². The molecule has 2 saturated heterocycles. The number of amides is 4. The summed E-state index contributed by atoms with van der Waals surface area (Å²) in [6, 6.07) is 10.2. The number of carboxylic acids is 1. The van der Waals surface area contributed by atoms with Crippen LogP contribution in [0.1, 0.15) is 43.9 Å². The molecule has 1 atom stereocenters. The van der Waals surface area contributed by atoms with Crippen molar-refractivity contribution in [1.82, 2.24) is 15.3 Å². The summed E-state index contributed by atoms with van der Waals surface area (Å²) in [5.41, 5.74) is 1.45. The van der Waals surface area contributed by atoms with Gasteiger partial charge in [0.15, 0.2) is 0 Å². The Morgan fingerprint density at radius 2 is 1.60 bits per heavy atom. The predicted octanol–water partition coefficient (Wildman–Crippen LogP) is 0.902. The second-order valence-corrected chi connectivity index (χ2v) is 8.51. The molecule has 0 aliphatic carbocycles. The number of hydrogen-bond acceptors (Lipinski definition) is 8. The van der Waals surface area contributed by atoms with Crippen LogP contribution in [0.5, 0.6) is 5.75 Å². The second kappa shape index (κ2) is 8.84. The van der Waals surface area contributed by atoms with Crippen LogP contribution in [0, 0.1) is 0 Å². The number of nitrogens with one attached hydrogen (secondary N) is 1. The zero-order valence-electron chi connectivity index (χ0n) is 18.6. The van der Waals surface area contributed by atoms with E-state index < -0.39 is 35.6 Å². The first-order valence-corrected chi connectivity index (χ1v) is 11.2. The molecule has 11 heteroatoms. The van der Waals surface area contributed by atoms with Crippen LogP contribution in [0.4, 0.5) is 5.69 Å². The van der Waals surface area contributed by atoms with E-state index in [-0.39, 0.29) is 29.5 Å². The van der Waals surface area contributed by atoms with Crippen LogP contribution < -0.4 is 15.1 Å². The molecule has 0 saturated carbocycles. The van der Waals surface area contributed by atoms with Crippen molar-refractivity contribution in [3.63, 3.8) is 0 Å². The maximum Gasteiger partial charge on any atom is 0.335 e. The molecule has 4 amide bonds. The molecule has 35 heavy (non-hydrogen) atoms. The van der Waals surface area contributed by atoms with E-state index in [1.54, 1.807) is 35.4 Å². The Morgan fingerprint density at radius 1 is 0.914 bits per heavy atom. The Labute approximate surface area is 199 Å². The summed E-state index contributed by atoms with van der Waals surface area (Å²) >= 11 is 0. The predicted molar refractivity (Wildman–Crippen MR) is 121 cm³/mol. The average Bonchev–Trinajstić information content (AvgIpc) is 3.09. The second-order valence-electron chi connectivity index (χ2n) is 8.51. The summed E-state index contributed by atoms with van der Waals surface area (Å²) in [4.78, 5) is 69.4. The highest BCUT2D eigenvalue weighted by Gasteiger charge is 2.44. The van der Waals surface area contributed by atoms with E-state index in [1.165, 1.54) is 12.1 Å². The molecular weight excluding hydrogens is 456 g/mol. The molecule has 2 aromatic carbocycles. The minimum Gasteiger partial charge on any atom is -0.478 e. The van der Waals surface area contributed by atoms with E-state index >= 15 is 0 Å². The van der Waals surface area contributed by atoms with Gasteiger partial charge in [0, 0.05) is 25.2 Å². The smallest absolute Gasteiger partial charge is 0.335 e. The number of fused-ring (bicyclic) bond motifs is 1. The van der Waals surface area contributed by atoms with Gasteiger partial charge in [-0.05, 0) is 48.9 Å². The molecule has 3 aliphatic rings. The first-order chi connectivity index (χ1) is 16.8. The zero-order chi connectivity index (χ0) is 24.7. The Kier molecular flexibility index (Phi) is 5.69. The highest BCUT2D eigenvalue weighted by Crippen LogP contribution is 2.31. The van der Waals surface area contributed by atoms with Gasteiger partial charge in [-0.3, -0.25) is 29.4 Å². The third-order valence-electron chi connectivity index (χ3n) is 6.36. The fraction of sp³-hybridized carbons (Fsp3) is 0.292. The lowest BCUT2D eigenvalue weighted by Gasteiger charge is -2.35. The third-order valence-corrected chi connectivity index (χ3v) is 6.36. The fourth-order valence-corrected chi connectivity index (χ4v) is 4.50. The molecule has 0 radical (unpaired) electrons. The molecule has 2 N–H and O–H groups in total. The van der Waals surface area contributed by atoms with Crippen LogP contribution in [0.25, 0.3) is 0 Å². The van der Waals surface area contributed by atoms with Gasteiger partial charge in [-0.2, -0.15) is 0 Å². The van der Waals surface area contributed by atoms with Crippen molar-refractivity contribution in [2.75, 3.05) is 31.1 Å². The number of imide groups is 2. The van der Waals surface area contributed by atoms with Crippen LogP contribution in [0.3, 0.4) is 0 Å². The summed E-state index contributed by atoms with van der Waals surface area (Å²) in [7, 11) is 0. The number of carbonyl (C=O) groups excluding carboxylic acids is 4. The van der Waals surface area contributed by atoms with Gasteiger partial charge in [0.1, 0.15) is 11.8 Å². The zero-order valence-corrected chi connectivity index (χ0v) is 18.6. The van der Waals surface area contributed by atoms with Gasteiger partial charge >= 0.3 is 5.97 Å². The highest BCUT2D eigenvalue weighted by molar-refractivity contribution is 6.23. The maximum absolute atomic E-state index is 13.0. The van der Waals surface area contributed by atoms with Crippen molar-refractivity contribution in [2.45, 2.75) is 18.9 Å². The topological polar surface area (TPSA) is 137 Å². The summed E-state index contributed by atoms with van der Waals surface area (Å²) < 4.78 is 0. The number of carbonyl (C=O) groups is 5. The molecule has 180 valence electrons. The van der Waals surface area contributed by atoms with E-state index in [0.29, 0.717) is 31.9 Å². The van der Waals surface area contributed by atoms with Crippen molar-refractivity contribution < 1.29 is 33.9 Å². The molecule has 11 nitrogen and oxygen atoms in total. The minimum atomic E-state index is -1.00. The maximum atomic E-state index is 13.0. The molecule has 0 spiro atoms. The SMILES string of the molecule is O=C1CCC(N2C(=O)c3ccc(N4CCN(Oc5ccc(C(=O)O)cc5)CC4)cc3C2=O)C(=O)N1. The largest absolute Gasteiger partial charge is 0.478 e. The van der Waals surface area contributed by atoms with Gasteiger partial charge in [-0.25, -0.2) is 4.79 Å². The molecule has 1 unspecified atom stereocenters. The summed E-state index contributed by atoms with van der Waals surface area (Å²) in [6.07, 6.45) is 0.190. The number of nitrogens with zero attached hydrogens (tertiary/aromatic N) is 3. The van der Waals surface area contributed by atoms with E-state index in [4.69, 9.17) is 9.94 Å². The first kappa shape index (κ1) is 22.5. The Morgan fingerprint density at radius 3 is 2.26 bits per heavy atom. The van der Waals surface area contributed by atoms with Crippen molar-refractivity contribution in [3.8, 4) is 5.75 Å². The van der Waals surface area contributed by atoms with Crippen molar-refractivity contribution >= 4 is 35.3 Å². The lowest BCUT2D eigenvalue weighted by molar-refractivity contribution is -0.136. The van der Waals surface area contributed by atoms with Crippen molar-refractivity contribution in [1.29, 1.82) is 0 Å². The van der Waals surface area contributed by atoms with Crippen molar-refractivity contribution in [2.24, 2.45) is 0 Å². The summed E-state index contributed by atoms with van der Waals surface area (Å²) in [5.74, 6) is -2.57. The molecule has 0 bridgehead atoms. The van der Waals surface area contributed by atoms with Gasteiger partial charge in [0.05, 0.1) is 29.8 Å². The molecule has 3 aliphatic heterocycles. The lowest BCUT2D eigenvalue weighted by atomic mass is 10.0. The van der Waals surface area contributed by atoms with E-state index in [0.717, 1.165) is 10.6 Å². The molecular formula is C24H22N4O7. The molecule has 2 fully saturated rings. The van der Waals surface area contributed by atoms with E-state index in [2.05, 4.69) is 10.2 Å². The molecule has 3 heterocycles. The average molecular weight is 478 g/mol. The highest BCUT2D eigenvalue weighted by atomic mass is 16.7. The van der Waals surface area contributed by atoms with Crippen LogP contribution in [-0.4, -0.2) is 76.9 Å². The van der Waals surface area contributed by atoms with Gasteiger partial charge in [-0.1, -0.05) is 0 Å². The number of anilines is 1. The van der Waals surface area contributed by atoms with Gasteiger partial charge in [0.2, 0.25) is 11.8 Å². The number of benzene rings is 2. The number of hydroxylamine groups is 2. The first-order valence-electron chi connectivity index (χ1n) is 11.2. The quantitative estimate of drug-likeness (QED) is 0.601. The fourth-order valence-electron chi connectivity index (χ4n) is 4.50. The number of piperazine rings is 1. The number of carboxylic acid groups (broad SMARTS) is 1. The lowest BCUT2D eigenvalue weighted by Crippen LogP contribution is -2.54. The van der Waals surface area contributed by atoms with Gasteiger partial charge < -0.3 is 14.8 Å². The van der Waals surface area contributed by atoms with E-state index in [1.807, 2.05) is 0 Å². The van der Waals surface area contributed by atoms with Gasteiger partial charge in [-0.15, -0.1) is 5.06 Å². The molecule has 0 aromatic heterocycles. The van der Waals surface area contributed by atoms with Crippen molar-refractivity contribution in [3.05, 3.63) is 59.2 Å². The van der Waals surface area contributed by atoms with Crippen LogP contribution in [0.15, 0.2) is 42.5 Å². The normalized spacial score (nSPS) is 20.6. The van der Waals surface area contributed by atoms with Crippen LogP contribution in [0.2, 0.25) is 0 Å². The summed E-state index contributed by atoms with van der Waals surface area (Å²) in [6.45, 7) is 2.33. The number of hydrogen-bond donors (Lipinski definition) is 2. The number of rotatable bonds is 5. The van der Waals surface area contributed by atoms with Crippen LogP contribution >= 0.6 is 0 Å². The Hall–Kier alpha value is -4.25. The number of aromatic carboxylic acids is 1. The third kappa shape index (κ3) is 4.21. The Balaban J connectivity index is 1.24. The number of piperidine rings is 1. The monoisotopic (exact) mass is 478 g/mol. The minimum absolute atomic E-state index is 0.0745. The Bertz CT molecular complexity index is 1230. The van der Waals surface area contributed by atoms with Gasteiger partial charge in [0.25, 0.3) is 11.8 Å². The molecule has 5 rings (SSSR count).